The summed E-state index contributed by atoms with van der Waals surface area (Å²) in [7, 11) is 0. The predicted molar refractivity (Wildman–Crippen MR) is 58.5 cm³/mol. The summed E-state index contributed by atoms with van der Waals surface area (Å²) in [6.07, 6.45) is 0. The maximum absolute atomic E-state index is 13.4. The monoisotopic (exact) mass is 240 g/mol. The lowest BCUT2D eigenvalue weighted by molar-refractivity contribution is 0.476. The van der Waals surface area contributed by atoms with E-state index in [1.54, 1.807) is 6.07 Å². The molecule has 0 aromatic heterocycles. The molecule has 0 aliphatic carbocycles. The van der Waals surface area contributed by atoms with Gasteiger partial charge in [0.15, 0.2) is 0 Å². The van der Waals surface area contributed by atoms with E-state index in [2.05, 4.69) is 0 Å². The molecule has 1 nitrogen and oxygen atoms in total. The minimum atomic E-state index is -0.679. The molecule has 0 spiro atoms. The van der Waals surface area contributed by atoms with Gasteiger partial charge in [0.25, 0.3) is 0 Å². The van der Waals surface area contributed by atoms with E-state index in [0.29, 0.717) is 5.56 Å². The van der Waals surface area contributed by atoms with Crippen LogP contribution in [0.15, 0.2) is 36.4 Å². The maximum Gasteiger partial charge on any atom is 0.134 e. The zero-order chi connectivity index (χ0) is 11.7. The van der Waals surface area contributed by atoms with Crippen molar-refractivity contribution in [2.24, 2.45) is 0 Å². The van der Waals surface area contributed by atoms with Crippen molar-refractivity contribution in [1.29, 1.82) is 0 Å². The average molecular weight is 241 g/mol. The number of hydrogen-bond donors (Lipinski definition) is 1. The van der Waals surface area contributed by atoms with Gasteiger partial charge >= 0.3 is 0 Å². The third-order valence-corrected chi connectivity index (χ3v) is 2.51. The van der Waals surface area contributed by atoms with E-state index >= 15 is 0 Å². The van der Waals surface area contributed by atoms with Crippen molar-refractivity contribution in [3.8, 4) is 16.9 Å². The molecule has 4 heteroatoms. The van der Waals surface area contributed by atoms with Crippen molar-refractivity contribution in [2.75, 3.05) is 0 Å². The third kappa shape index (κ3) is 1.99. The number of hydrogen-bond acceptors (Lipinski definition) is 1. The first-order valence-electron chi connectivity index (χ1n) is 4.52. The van der Waals surface area contributed by atoms with Crippen LogP contribution < -0.4 is 0 Å². The largest absolute Gasteiger partial charge is 0.506 e. The topological polar surface area (TPSA) is 20.2 Å². The number of aromatic hydroxyl groups is 1. The summed E-state index contributed by atoms with van der Waals surface area (Å²) >= 11 is 5.63. The highest BCUT2D eigenvalue weighted by Crippen LogP contribution is 2.30. The zero-order valence-electron chi connectivity index (χ0n) is 8.05. The summed E-state index contributed by atoms with van der Waals surface area (Å²) in [6, 6.07) is 7.60. The molecule has 2 aromatic rings. The van der Waals surface area contributed by atoms with E-state index in [9.17, 15) is 13.9 Å². The van der Waals surface area contributed by atoms with E-state index in [-0.39, 0.29) is 16.3 Å². The average Bonchev–Trinajstić information content (AvgIpc) is 2.22. The molecule has 0 saturated heterocycles. The molecule has 16 heavy (non-hydrogen) atoms. The van der Waals surface area contributed by atoms with Crippen LogP contribution in [-0.4, -0.2) is 5.11 Å². The number of phenolic OH excluding ortho intramolecular Hbond substituents is 1. The Balaban J connectivity index is 2.54. The highest BCUT2D eigenvalue weighted by atomic mass is 35.5. The molecule has 2 rings (SSSR count). The Bertz CT molecular complexity index is 541. The van der Waals surface area contributed by atoms with Gasteiger partial charge in [-0.15, -0.1) is 0 Å². The Hall–Kier alpha value is -1.61. The molecule has 0 unspecified atom stereocenters. The molecular formula is C12H7ClF2O. The van der Waals surface area contributed by atoms with Crippen LogP contribution in [0.4, 0.5) is 8.78 Å². The highest BCUT2D eigenvalue weighted by Gasteiger charge is 2.08. The summed E-state index contributed by atoms with van der Waals surface area (Å²) in [6.45, 7) is 0. The molecule has 0 radical (unpaired) electrons. The summed E-state index contributed by atoms with van der Waals surface area (Å²) < 4.78 is 26.1. The summed E-state index contributed by atoms with van der Waals surface area (Å²) in [5, 5.41) is 9.56. The van der Waals surface area contributed by atoms with Crippen molar-refractivity contribution in [1.82, 2.24) is 0 Å². The van der Waals surface area contributed by atoms with E-state index in [0.717, 1.165) is 12.1 Å². The van der Waals surface area contributed by atoms with Gasteiger partial charge in [-0.3, -0.25) is 0 Å². The first-order valence-corrected chi connectivity index (χ1v) is 4.89. The fourth-order valence-electron chi connectivity index (χ4n) is 1.40. The van der Waals surface area contributed by atoms with Gasteiger partial charge in [0.05, 0.1) is 5.02 Å². The minimum Gasteiger partial charge on any atom is -0.506 e. The van der Waals surface area contributed by atoms with E-state index in [1.165, 1.54) is 18.2 Å². The lowest BCUT2D eigenvalue weighted by atomic mass is 10.0. The number of benzene rings is 2. The zero-order valence-corrected chi connectivity index (χ0v) is 8.80. The van der Waals surface area contributed by atoms with E-state index in [4.69, 9.17) is 11.6 Å². The van der Waals surface area contributed by atoms with Crippen molar-refractivity contribution in [2.45, 2.75) is 0 Å². The molecule has 0 amide bonds. The molecule has 2 aromatic carbocycles. The van der Waals surface area contributed by atoms with Crippen molar-refractivity contribution in [3.05, 3.63) is 53.1 Å². The molecule has 0 aliphatic rings. The van der Waals surface area contributed by atoms with Crippen molar-refractivity contribution in [3.63, 3.8) is 0 Å². The quantitative estimate of drug-likeness (QED) is 0.799. The highest BCUT2D eigenvalue weighted by molar-refractivity contribution is 6.32. The smallest absolute Gasteiger partial charge is 0.134 e. The maximum atomic E-state index is 13.4. The summed E-state index contributed by atoms with van der Waals surface area (Å²) in [5.74, 6) is -1.45. The molecule has 1 N–H and O–H groups in total. The Kier molecular flexibility index (Phi) is 2.79. The van der Waals surface area contributed by atoms with Crippen LogP contribution in [0.2, 0.25) is 5.02 Å². The molecule has 0 atom stereocenters. The molecular weight excluding hydrogens is 234 g/mol. The SMILES string of the molecule is Oc1cc(-c2ccc(F)cc2F)ccc1Cl. The Morgan fingerprint density at radius 2 is 1.75 bits per heavy atom. The van der Waals surface area contributed by atoms with Gasteiger partial charge in [-0.1, -0.05) is 17.7 Å². The number of rotatable bonds is 1. The minimum absolute atomic E-state index is 0.136. The molecule has 0 fully saturated rings. The van der Waals surface area contributed by atoms with Gasteiger partial charge in [-0.05, 0) is 29.8 Å². The van der Waals surface area contributed by atoms with E-state index < -0.39 is 11.6 Å². The van der Waals surface area contributed by atoms with Crippen molar-refractivity contribution >= 4 is 11.6 Å². The first kappa shape index (κ1) is 10.9. The fraction of sp³-hybridized carbons (Fsp3) is 0. The summed E-state index contributed by atoms with van der Waals surface area (Å²) in [5.41, 5.74) is 0.660. The number of phenols is 1. The van der Waals surface area contributed by atoms with Crippen molar-refractivity contribution < 1.29 is 13.9 Å². The lowest BCUT2D eigenvalue weighted by Gasteiger charge is -2.05. The second kappa shape index (κ2) is 4.10. The molecule has 0 aliphatic heterocycles. The fourth-order valence-corrected chi connectivity index (χ4v) is 1.52. The normalized spacial score (nSPS) is 10.4. The Labute approximate surface area is 95.9 Å². The number of halogens is 3. The van der Waals surface area contributed by atoms with Crippen LogP contribution >= 0.6 is 11.6 Å². The molecule has 82 valence electrons. The molecule has 0 bridgehead atoms. The van der Waals surface area contributed by atoms with Crippen LogP contribution in [0.1, 0.15) is 0 Å². The Morgan fingerprint density at radius 3 is 2.38 bits per heavy atom. The van der Waals surface area contributed by atoms with Gasteiger partial charge in [-0.2, -0.15) is 0 Å². The van der Waals surface area contributed by atoms with Crippen LogP contribution in [0.3, 0.4) is 0 Å². The second-order valence-electron chi connectivity index (χ2n) is 3.29. The standard InChI is InChI=1S/C12H7ClF2O/c13-10-4-1-7(5-12(10)16)9-3-2-8(14)6-11(9)15/h1-6,16H. The van der Waals surface area contributed by atoms with Gasteiger partial charge in [0.2, 0.25) is 0 Å². The lowest BCUT2D eigenvalue weighted by Crippen LogP contribution is -1.86. The van der Waals surface area contributed by atoms with Crippen LogP contribution in [0, 0.1) is 11.6 Å². The van der Waals surface area contributed by atoms with Gasteiger partial charge in [-0.25, -0.2) is 8.78 Å². The molecule has 0 saturated carbocycles. The van der Waals surface area contributed by atoms with Gasteiger partial charge in [0.1, 0.15) is 17.4 Å². The third-order valence-electron chi connectivity index (χ3n) is 2.19. The van der Waals surface area contributed by atoms with Gasteiger partial charge < -0.3 is 5.11 Å². The second-order valence-corrected chi connectivity index (χ2v) is 3.70. The van der Waals surface area contributed by atoms with Gasteiger partial charge in [0, 0.05) is 11.6 Å². The molecule has 0 heterocycles. The summed E-state index contributed by atoms with van der Waals surface area (Å²) in [4.78, 5) is 0. The Morgan fingerprint density at radius 1 is 1.00 bits per heavy atom. The van der Waals surface area contributed by atoms with E-state index in [1.807, 2.05) is 0 Å². The van der Waals surface area contributed by atoms with Crippen LogP contribution in [0.5, 0.6) is 5.75 Å². The van der Waals surface area contributed by atoms with Crippen LogP contribution in [0.25, 0.3) is 11.1 Å². The predicted octanol–water partition coefficient (Wildman–Crippen LogP) is 3.99. The first-order chi connectivity index (χ1) is 7.58. The van der Waals surface area contributed by atoms with Crippen LogP contribution in [-0.2, 0) is 0 Å².